The van der Waals surface area contributed by atoms with Gasteiger partial charge in [-0.25, -0.2) is 0 Å². The highest BCUT2D eigenvalue weighted by Gasteiger charge is 2.21. The van der Waals surface area contributed by atoms with Crippen molar-refractivity contribution in [3.63, 3.8) is 0 Å². The smallest absolute Gasteiger partial charge is 0.269 e. The van der Waals surface area contributed by atoms with Crippen molar-refractivity contribution in [2.24, 2.45) is 0 Å². The number of non-ortho nitro benzene ring substituents is 1. The van der Waals surface area contributed by atoms with E-state index in [4.69, 9.17) is 0 Å². The van der Waals surface area contributed by atoms with E-state index >= 15 is 0 Å². The van der Waals surface area contributed by atoms with E-state index < -0.39 is 4.92 Å². The lowest BCUT2D eigenvalue weighted by molar-refractivity contribution is -0.384. The minimum atomic E-state index is -0.459. The molecule has 0 heterocycles. The number of nitrogens with one attached hydrogen (secondary N) is 1. The van der Waals surface area contributed by atoms with E-state index in [-0.39, 0.29) is 36.0 Å². The summed E-state index contributed by atoms with van der Waals surface area (Å²) in [7, 11) is 1.65. The molecule has 0 aliphatic heterocycles. The van der Waals surface area contributed by atoms with Gasteiger partial charge in [0, 0.05) is 37.2 Å². The molecule has 2 aromatic carbocycles. The number of hydrogen-bond donors (Lipinski definition) is 1. The van der Waals surface area contributed by atoms with Crippen molar-refractivity contribution in [3.05, 3.63) is 75.8 Å². The molecular weight excluding hydrogens is 346 g/mol. The van der Waals surface area contributed by atoms with E-state index in [1.807, 2.05) is 13.0 Å². The first-order chi connectivity index (χ1) is 12.8. The molecule has 1 N–H and O–H groups in total. The number of amides is 2. The lowest BCUT2D eigenvalue weighted by Crippen LogP contribution is -2.38. The Bertz CT molecular complexity index is 823. The lowest BCUT2D eigenvalue weighted by Gasteiger charge is -2.26. The largest absolute Gasteiger partial charge is 0.349 e. The number of carbonyl (C=O) groups excluding carboxylic acids is 2. The van der Waals surface area contributed by atoms with Crippen LogP contribution in [-0.4, -0.2) is 34.7 Å². The van der Waals surface area contributed by atoms with Gasteiger partial charge in [-0.05, 0) is 31.5 Å². The summed E-state index contributed by atoms with van der Waals surface area (Å²) in [6.07, 6.45) is 0.133. The predicted molar refractivity (Wildman–Crippen MR) is 102 cm³/mol. The van der Waals surface area contributed by atoms with Gasteiger partial charge in [-0.3, -0.25) is 19.7 Å². The molecule has 0 saturated heterocycles. The Morgan fingerprint density at radius 3 is 2.41 bits per heavy atom. The third-order valence-electron chi connectivity index (χ3n) is 4.43. The van der Waals surface area contributed by atoms with E-state index in [0.717, 1.165) is 0 Å². The van der Waals surface area contributed by atoms with Crippen LogP contribution in [0.25, 0.3) is 0 Å². The van der Waals surface area contributed by atoms with Gasteiger partial charge in [-0.15, -0.1) is 0 Å². The van der Waals surface area contributed by atoms with Crippen LogP contribution in [0.1, 0.15) is 42.2 Å². The van der Waals surface area contributed by atoms with E-state index in [0.29, 0.717) is 11.1 Å². The van der Waals surface area contributed by atoms with Crippen LogP contribution in [0.4, 0.5) is 5.69 Å². The number of carbonyl (C=O) groups is 2. The quantitative estimate of drug-likeness (QED) is 0.598. The van der Waals surface area contributed by atoms with Gasteiger partial charge < -0.3 is 10.2 Å². The van der Waals surface area contributed by atoms with Gasteiger partial charge in [0.15, 0.2) is 0 Å². The zero-order chi connectivity index (χ0) is 20.0. The van der Waals surface area contributed by atoms with E-state index in [2.05, 4.69) is 5.32 Å². The molecule has 7 heteroatoms. The summed E-state index contributed by atoms with van der Waals surface area (Å²) in [4.78, 5) is 36.7. The minimum absolute atomic E-state index is 0.0105. The highest BCUT2D eigenvalue weighted by atomic mass is 16.6. The van der Waals surface area contributed by atoms with Crippen LogP contribution in [0.15, 0.2) is 54.6 Å². The average molecular weight is 369 g/mol. The molecule has 0 aliphatic carbocycles. The van der Waals surface area contributed by atoms with E-state index in [1.165, 1.54) is 17.0 Å². The Hall–Kier alpha value is -3.22. The number of nitro groups is 1. The maximum atomic E-state index is 12.5. The second-order valence-corrected chi connectivity index (χ2v) is 6.48. The molecule has 2 rings (SSSR count). The van der Waals surface area contributed by atoms with E-state index in [9.17, 15) is 19.7 Å². The molecule has 0 bridgehead atoms. The normalized spacial score (nSPS) is 12.7. The third kappa shape index (κ3) is 5.37. The molecule has 0 unspecified atom stereocenters. The van der Waals surface area contributed by atoms with Crippen molar-refractivity contribution < 1.29 is 14.5 Å². The summed E-state index contributed by atoms with van der Waals surface area (Å²) < 4.78 is 0. The van der Waals surface area contributed by atoms with Crippen LogP contribution in [0.5, 0.6) is 0 Å². The summed E-state index contributed by atoms with van der Waals surface area (Å²) >= 11 is 0. The van der Waals surface area contributed by atoms with E-state index in [1.54, 1.807) is 50.4 Å². The Kier molecular flexibility index (Phi) is 6.65. The van der Waals surface area contributed by atoms with Gasteiger partial charge in [-0.2, -0.15) is 0 Å². The zero-order valence-electron chi connectivity index (χ0n) is 15.6. The number of nitro benzene ring substituents is 1. The fourth-order valence-electron chi connectivity index (χ4n) is 2.69. The Labute approximate surface area is 158 Å². The van der Waals surface area contributed by atoms with Crippen LogP contribution < -0.4 is 5.32 Å². The SMILES string of the molecule is C[C@@H](CC(=O)N(C)[C@@H](C)c1cccc([N+](=O)[O-])c1)NC(=O)c1ccccc1. The van der Waals surface area contributed by atoms with Crippen molar-refractivity contribution in [1.82, 2.24) is 10.2 Å². The molecule has 0 spiro atoms. The van der Waals surface area contributed by atoms with Crippen molar-refractivity contribution in [2.75, 3.05) is 7.05 Å². The molecule has 0 aliphatic rings. The first-order valence-electron chi connectivity index (χ1n) is 8.65. The molecule has 2 amide bonds. The highest BCUT2D eigenvalue weighted by Crippen LogP contribution is 2.23. The maximum absolute atomic E-state index is 12.5. The monoisotopic (exact) mass is 369 g/mol. The molecule has 0 fully saturated rings. The van der Waals surface area contributed by atoms with Gasteiger partial charge in [0.25, 0.3) is 11.6 Å². The van der Waals surface area contributed by atoms with Crippen molar-refractivity contribution >= 4 is 17.5 Å². The van der Waals surface area contributed by atoms with Crippen LogP contribution in [0.3, 0.4) is 0 Å². The van der Waals surface area contributed by atoms with Crippen molar-refractivity contribution in [2.45, 2.75) is 32.4 Å². The molecule has 0 radical (unpaired) electrons. The molecule has 27 heavy (non-hydrogen) atoms. The van der Waals surface area contributed by atoms with Gasteiger partial charge in [0.2, 0.25) is 5.91 Å². The highest BCUT2D eigenvalue weighted by molar-refractivity contribution is 5.94. The zero-order valence-corrected chi connectivity index (χ0v) is 15.6. The lowest BCUT2D eigenvalue weighted by atomic mass is 10.1. The molecule has 7 nitrogen and oxygen atoms in total. The predicted octanol–water partition coefficient (Wildman–Crippen LogP) is 3.32. The number of rotatable bonds is 7. The number of hydrogen-bond acceptors (Lipinski definition) is 4. The molecular formula is C20H23N3O4. The molecule has 0 saturated carbocycles. The summed E-state index contributed by atoms with van der Waals surface area (Å²) in [6, 6.07) is 14.4. The Morgan fingerprint density at radius 1 is 1.11 bits per heavy atom. The van der Waals surface area contributed by atoms with Gasteiger partial charge in [-0.1, -0.05) is 30.3 Å². The van der Waals surface area contributed by atoms with Crippen LogP contribution in [-0.2, 0) is 4.79 Å². The second-order valence-electron chi connectivity index (χ2n) is 6.48. The van der Waals surface area contributed by atoms with Gasteiger partial charge in [0.1, 0.15) is 0 Å². The fraction of sp³-hybridized carbons (Fsp3) is 0.300. The fourth-order valence-corrected chi connectivity index (χ4v) is 2.69. The Balaban J connectivity index is 1.97. The van der Waals surface area contributed by atoms with Crippen LogP contribution >= 0.6 is 0 Å². The number of nitrogens with zero attached hydrogens (tertiary/aromatic N) is 2. The third-order valence-corrected chi connectivity index (χ3v) is 4.43. The summed E-state index contributed by atoms with van der Waals surface area (Å²) in [5, 5.41) is 13.7. The first kappa shape index (κ1) is 20.1. The average Bonchev–Trinajstić information content (AvgIpc) is 2.67. The minimum Gasteiger partial charge on any atom is -0.349 e. The second kappa shape index (κ2) is 8.93. The Morgan fingerprint density at radius 2 is 1.78 bits per heavy atom. The summed E-state index contributed by atoms with van der Waals surface area (Å²) in [6.45, 7) is 3.58. The van der Waals surface area contributed by atoms with Crippen molar-refractivity contribution in [1.29, 1.82) is 0 Å². The van der Waals surface area contributed by atoms with Gasteiger partial charge >= 0.3 is 0 Å². The summed E-state index contributed by atoms with van der Waals surface area (Å²) in [5.41, 5.74) is 1.21. The molecule has 2 atom stereocenters. The number of benzene rings is 2. The summed E-state index contributed by atoms with van der Waals surface area (Å²) in [5.74, 6) is -0.389. The van der Waals surface area contributed by atoms with Crippen LogP contribution in [0, 0.1) is 10.1 Å². The first-order valence-corrected chi connectivity index (χ1v) is 8.65. The standard InChI is InChI=1S/C20H23N3O4/c1-14(21-20(25)16-8-5-4-6-9-16)12-19(24)22(3)15(2)17-10-7-11-18(13-17)23(26)27/h4-11,13-15H,12H2,1-3H3,(H,21,25)/t14-,15-/m0/s1. The van der Waals surface area contributed by atoms with Gasteiger partial charge in [0.05, 0.1) is 11.0 Å². The maximum Gasteiger partial charge on any atom is 0.269 e. The molecule has 0 aromatic heterocycles. The van der Waals surface area contributed by atoms with Crippen molar-refractivity contribution in [3.8, 4) is 0 Å². The molecule has 2 aromatic rings. The van der Waals surface area contributed by atoms with Crippen LogP contribution in [0.2, 0.25) is 0 Å². The molecule has 142 valence electrons. The topological polar surface area (TPSA) is 92.6 Å².